The number of para-hydroxylation sites is 4. The monoisotopic (exact) mass is 618 g/mol. The lowest BCUT2D eigenvalue weighted by Crippen LogP contribution is -2.54. The lowest BCUT2D eigenvalue weighted by molar-refractivity contribution is 0.487. The molecule has 0 aliphatic carbocycles. The average molecular weight is 619 g/mol. The molecule has 10 rings (SSSR count). The number of fused-ring (bicyclic) bond motifs is 8. The predicted octanol–water partition coefficient (Wildman–Crippen LogP) is 9.34. The summed E-state index contributed by atoms with van der Waals surface area (Å²) < 4.78 is 9.07. The van der Waals surface area contributed by atoms with Gasteiger partial charge in [-0.3, -0.25) is 0 Å². The van der Waals surface area contributed by atoms with Crippen LogP contribution in [0.3, 0.4) is 0 Å². The van der Waals surface area contributed by atoms with Crippen LogP contribution < -0.4 is 26.0 Å². The Hall–Kier alpha value is -5.65. The highest BCUT2D eigenvalue weighted by Gasteiger charge is 2.34. The van der Waals surface area contributed by atoms with Gasteiger partial charge in [-0.15, -0.1) is 0 Å². The Labute approximate surface area is 277 Å². The van der Waals surface area contributed by atoms with E-state index in [1.54, 1.807) is 0 Å². The number of hydrogen-bond acceptors (Lipinski definition) is 3. The molecule has 0 fully saturated rings. The van der Waals surface area contributed by atoms with E-state index in [9.17, 15) is 0 Å². The summed E-state index contributed by atoms with van der Waals surface area (Å²) in [5.41, 5.74) is 10.6. The fourth-order valence-electron chi connectivity index (χ4n) is 7.49. The van der Waals surface area contributed by atoms with E-state index in [0.29, 0.717) is 0 Å². The molecule has 2 aliphatic heterocycles. The topological polar surface area (TPSA) is 17.4 Å². The first-order chi connectivity index (χ1) is 23.3. The predicted molar refractivity (Wildman–Crippen MR) is 197 cm³/mol. The number of benzene rings is 7. The van der Waals surface area contributed by atoms with E-state index in [2.05, 4.69) is 173 Å². The summed E-state index contributed by atoms with van der Waals surface area (Å²) in [6.45, 7) is 0.102. The van der Waals surface area contributed by atoms with Crippen LogP contribution in [0.25, 0.3) is 27.5 Å². The second kappa shape index (κ2) is 10.4. The molecular formula is C42H27BN2OS. The SMILES string of the molecule is c1ccc(B2c3ccccc3Oc3cc(N4c5ccccc5Sc5c4ccc4c5c5ccccc5n4-c4ccccc4)ccc32)cc1. The summed E-state index contributed by atoms with van der Waals surface area (Å²) in [7, 11) is 0. The van der Waals surface area contributed by atoms with Gasteiger partial charge in [-0.25, -0.2) is 0 Å². The van der Waals surface area contributed by atoms with E-state index < -0.39 is 0 Å². The molecule has 7 aromatic carbocycles. The maximum atomic E-state index is 6.68. The van der Waals surface area contributed by atoms with Crippen LogP contribution in [-0.2, 0) is 0 Å². The Kier molecular flexibility index (Phi) is 5.90. The molecule has 0 atom stereocenters. The Morgan fingerprint density at radius 2 is 1.23 bits per heavy atom. The first-order valence-electron chi connectivity index (χ1n) is 16.0. The molecule has 47 heavy (non-hydrogen) atoms. The normalized spacial score (nSPS) is 13.1. The number of nitrogens with zero attached hydrogens (tertiary/aromatic N) is 2. The maximum Gasteiger partial charge on any atom is 0.250 e. The van der Waals surface area contributed by atoms with Gasteiger partial charge in [-0.2, -0.15) is 0 Å². The van der Waals surface area contributed by atoms with Crippen LogP contribution in [0.15, 0.2) is 174 Å². The molecule has 1 aromatic heterocycles. The number of aromatic nitrogens is 1. The number of anilines is 3. The van der Waals surface area contributed by atoms with Crippen molar-refractivity contribution in [2.24, 2.45) is 0 Å². The van der Waals surface area contributed by atoms with Crippen molar-refractivity contribution in [3.05, 3.63) is 164 Å². The summed E-state index contributed by atoms with van der Waals surface area (Å²) in [6.07, 6.45) is 0. The minimum atomic E-state index is 0.102. The van der Waals surface area contributed by atoms with Gasteiger partial charge in [-0.05, 0) is 65.5 Å². The zero-order valence-corrected chi connectivity index (χ0v) is 26.2. The molecule has 8 aromatic rings. The zero-order chi connectivity index (χ0) is 30.9. The molecule has 3 nitrogen and oxygen atoms in total. The van der Waals surface area contributed by atoms with Gasteiger partial charge in [0.15, 0.2) is 0 Å². The summed E-state index contributed by atoms with van der Waals surface area (Å²) in [6, 6.07) is 58.7. The Morgan fingerprint density at radius 1 is 0.511 bits per heavy atom. The highest BCUT2D eigenvalue weighted by atomic mass is 32.2. The van der Waals surface area contributed by atoms with Crippen LogP contribution in [-0.4, -0.2) is 11.3 Å². The summed E-state index contributed by atoms with van der Waals surface area (Å²) >= 11 is 1.86. The lowest BCUT2D eigenvalue weighted by atomic mass is 9.36. The fourth-order valence-corrected chi connectivity index (χ4v) is 8.70. The quantitative estimate of drug-likeness (QED) is 0.184. The van der Waals surface area contributed by atoms with Crippen molar-refractivity contribution in [2.75, 3.05) is 4.90 Å². The van der Waals surface area contributed by atoms with Crippen molar-refractivity contribution in [1.82, 2.24) is 4.57 Å². The van der Waals surface area contributed by atoms with Crippen LogP contribution in [0.2, 0.25) is 0 Å². The van der Waals surface area contributed by atoms with Gasteiger partial charge in [0.05, 0.1) is 22.4 Å². The van der Waals surface area contributed by atoms with Crippen LogP contribution in [0, 0.1) is 0 Å². The molecule has 0 saturated heterocycles. The van der Waals surface area contributed by atoms with Gasteiger partial charge in [0, 0.05) is 38.0 Å². The molecule has 0 N–H and O–H groups in total. The van der Waals surface area contributed by atoms with Crippen molar-refractivity contribution in [2.45, 2.75) is 9.79 Å². The Bertz CT molecular complexity index is 2490. The first kappa shape index (κ1) is 26.6. The largest absolute Gasteiger partial charge is 0.458 e. The molecular weight excluding hydrogens is 591 g/mol. The van der Waals surface area contributed by atoms with Crippen LogP contribution in [0.5, 0.6) is 11.5 Å². The van der Waals surface area contributed by atoms with E-state index in [1.165, 1.54) is 59.4 Å². The van der Waals surface area contributed by atoms with Crippen LogP contribution in [0.1, 0.15) is 0 Å². The van der Waals surface area contributed by atoms with Crippen molar-refractivity contribution >= 4 is 73.7 Å². The maximum absolute atomic E-state index is 6.68. The van der Waals surface area contributed by atoms with E-state index in [4.69, 9.17) is 4.74 Å². The molecule has 0 amide bonds. The highest BCUT2D eigenvalue weighted by Crippen LogP contribution is 2.55. The average Bonchev–Trinajstić information content (AvgIpc) is 3.48. The number of hydrogen-bond donors (Lipinski definition) is 0. The highest BCUT2D eigenvalue weighted by molar-refractivity contribution is 8.00. The minimum absolute atomic E-state index is 0.102. The lowest BCUT2D eigenvalue weighted by Gasteiger charge is -2.34. The molecule has 0 spiro atoms. The second-order valence-electron chi connectivity index (χ2n) is 12.1. The zero-order valence-electron chi connectivity index (χ0n) is 25.4. The summed E-state index contributed by atoms with van der Waals surface area (Å²) in [5, 5.41) is 2.53. The Balaban J connectivity index is 1.20. The second-order valence-corrected chi connectivity index (χ2v) is 13.2. The number of rotatable bonds is 3. The molecule has 2 aliphatic rings. The van der Waals surface area contributed by atoms with Gasteiger partial charge in [0.25, 0.3) is 6.71 Å². The summed E-state index contributed by atoms with van der Waals surface area (Å²) in [5.74, 6) is 1.81. The molecule has 0 unspecified atom stereocenters. The van der Waals surface area contributed by atoms with E-state index in [1.807, 2.05) is 11.8 Å². The summed E-state index contributed by atoms with van der Waals surface area (Å²) in [4.78, 5) is 4.91. The Morgan fingerprint density at radius 3 is 2.13 bits per heavy atom. The molecule has 3 heterocycles. The van der Waals surface area contributed by atoms with Crippen molar-refractivity contribution in [3.63, 3.8) is 0 Å². The van der Waals surface area contributed by atoms with E-state index in [-0.39, 0.29) is 6.71 Å². The third-order valence-corrected chi connectivity index (χ3v) is 10.7. The fraction of sp³-hybridized carbons (Fsp3) is 0. The third kappa shape index (κ3) is 4.03. The van der Waals surface area contributed by atoms with Crippen molar-refractivity contribution in [3.8, 4) is 17.2 Å². The molecule has 0 bridgehead atoms. The van der Waals surface area contributed by atoms with Gasteiger partial charge in [0.2, 0.25) is 0 Å². The van der Waals surface area contributed by atoms with Crippen LogP contribution >= 0.6 is 11.8 Å². The molecule has 5 heteroatoms. The van der Waals surface area contributed by atoms with E-state index >= 15 is 0 Å². The van der Waals surface area contributed by atoms with Gasteiger partial charge in [0.1, 0.15) is 11.5 Å². The van der Waals surface area contributed by atoms with Crippen molar-refractivity contribution in [1.29, 1.82) is 0 Å². The van der Waals surface area contributed by atoms with Gasteiger partial charge in [-0.1, -0.05) is 120 Å². The number of ether oxygens (including phenoxy) is 1. The molecule has 0 radical (unpaired) electrons. The minimum Gasteiger partial charge on any atom is -0.458 e. The van der Waals surface area contributed by atoms with E-state index in [0.717, 1.165) is 22.9 Å². The first-order valence-corrected chi connectivity index (χ1v) is 16.8. The molecule has 220 valence electrons. The third-order valence-electron chi connectivity index (χ3n) is 9.49. The van der Waals surface area contributed by atoms with Crippen LogP contribution in [0.4, 0.5) is 17.1 Å². The molecule has 0 saturated carbocycles. The smallest absolute Gasteiger partial charge is 0.250 e. The van der Waals surface area contributed by atoms with Gasteiger partial charge >= 0.3 is 0 Å². The van der Waals surface area contributed by atoms with Gasteiger partial charge < -0.3 is 14.2 Å². The standard InChI is InChI=1S/C42H27BN2OS/c1-3-13-28(14-4-1)43-32-18-8-11-21-38(32)46-39-27-30(23-24-33(39)43)45-35-20-10-12-22-40(35)47-42-37(45)26-25-36-41(42)31-17-7-9-19-34(31)44(36)29-15-5-2-6-16-29/h1-27H. The van der Waals surface area contributed by atoms with Crippen molar-refractivity contribution < 1.29 is 4.74 Å².